The highest BCUT2D eigenvalue weighted by Crippen LogP contribution is 2.21. The Morgan fingerprint density at radius 2 is 1.79 bits per heavy atom. The minimum absolute atomic E-state index is 0.0787. The molecular weight excluding hydrogens is 434 g/mol. The topological polar surface area (TPSA) is 93.5 Å². The quantitative estimate of drug-likeness (QED) is 0.449. The van der Waals surface area contributed by atoms with E-state index in [0.717, 1.165) is 26.6 Å². The summed E-state index contributed by atoms with van der Waals surface area (Å²) in [6.07, 6.45) is 0.0787. The monoisotopic (exact) mass is 455 g/mol. The molecule has 0 aromatic heterocycles. The summed E-state index contributed by atoms with van der Waals surface area (Å²) in [5.41, 5.74) is 6.05. The molecule has 3 rings (SSSR count). The number of rotatable bonds is 8. The largest absolute Gasteiger partial charge is 0.492 e. The van der Waals surface area contributed by atoms with Crippen molar-refractivity contribution in [2.45, 2.75) is 12.5 Å². The van der Waals surface area contributed by atoms with Crippen LogP contribution in [0.3, 0.4) is 0 Å². The van der Waals surface area contributed by atoms with Crippen LogP contribution < -0.4 is 21.1 Å². The molecule has 0 heterocycles. The van der Waals surface area contributed by atoms with Gasteiger partial charge in [-0.25, -0.2) is 4.79 Å². The summed E-state index contributed by atoms with van der Waals surface area (Å²) in [6, 6.07) is 20.1. The molecule has 0 saturated carbocycles. The van der Waals surface area contributed by atoms with Crippen LogP contribution in [0.25, 0.3) is 10.8 Å². The van der Waals surface area contributed by atoms with E-state index in [1.165, 1.54) is 0 Å². The molecule has 7 heteroatoms. The molecular formula is C22H22BrN3O3. The SMILES string of the molecule is NC(=O)NC(CC(=O)NCCOc1ccc2ccccc2c1)c1cccc(Br)c1. The van der Waals surface area contributed by atoms with Crippen molar-refractivity contribution in [3.05, 3.63) is 76.8 Å². The van der Waals surface area contributed by atoms with Gasteiger partial charge in [0.15, 0.2) is 0 Å². The molecule has 1 atom stereocenters. The third-order valence-corrected chi connectivity index (χ3v) is 4.86. The Morgan fingerprint density at radius 3 is 2.55 bits per heavy atom. The lowest BCUT2D eigenvalue weighted by Crippen LogP contribution is -2.37. The Hall–Kier alpha value is -3.06. The highest BCUT2D eigenvalue weighted by molar-refractivity contribution is 9.10. The Kier molecular flexibility index (Phi) is 7.08. The van der Waals surface area contributed by atoms with Crippen molar-refractivity contribution in [1.82, 2.24) is 10.6 Å². The van der Waals surface area contributed by atoms with Gasteiger partial charge in [0, 0.05) is 4.47 Å². The number of carbonyl (C=O) groups is 2. The van der Waals surface area contributed by atoms with Gasteiger partial charge in [0.1, 0.15) is 12.4 Å². The van der Waals surface area contributed by atoms with Crippen molar-refractivity contribution < 1.29 is 14.3 Å². The van der Waals surface area contributed by atoms with Crippen LogP contribution in [0.2, 0.25) is 0 Å². The molecule has 0 spiro atoms. The molecule has 6 nitrogen and oxygen atoms in total. The van der Waals surface area contributed by atoms with Crippen molar-refractivity contribution in [3.63, 3.8) is 0 Å². The van der Waals surface area contributed by atoms with E-state index >= 15 is 0 Å². The normalized spacial score (nSPS) is 11.6. The van der Waals surface area contributed by atoms with Crippen LogP contribution in [0, 0.1) is 0 Å². The van der Waals surface area contributed by atoms with Crippen LogP contribution in [0.15, 0.2) is 71.2 Å². The van der Waals surface area contributed by atoms with Crippen molar-refractivity contribution >= 4 is 38.6 Å². The van der Waals surface area contributed by atoms with Gasteiger partial charge < -0.3 is 21.1 Å². The molecule has 3 amide bonds. The Balaban J connectivity index is 1.50. The van der Waals surface area contributed by atoms with E-state index in [2.05, 4.69) is 26.6 Å². The smallest absolute Gasteiger partial charge is 0.312 e. The third-order valence-electron chi connectivity index (χ3n) is 4.37. The average molecular weight is 456 g/mol. The first-order valence-electron chi connectivity index (χ1n) is 9.21. The molecule has 0 saturated heterocycles. The second-order valence-corrected chi connectivity index (χ2v) is 7.44. The number of urea groups is 1. The van der Waals surface area contributed by atoms with Crippen LogP contribution >= 0.6 is 15.9 Å². The predicted octanol–water partition coefficient (Wildman–Crippen LogP) is 3.90. The predicted molar refractivity (Wildman–Crippen MR) is 117 cm³/mol. The minimum Gasteiger partial charge on any atom is -0.492 e. The van der Waals surface area contributed by atoms with E-state index in [4.69, 9.17) is 10.5 Å². The summed E-state index contributed by atoms with van der Waals surface area (Å²) in [4.78, 5) is 23.6. The fourth-order valence-corrected chi connectivity index (χ4v) is 3.44. The maximum atomic E-state index is 12.3. The maximum Gasteiger partial charge on any atom is 0.312 e. The number of hydrogen-bond donors (Lipinski definition) is 3. The fourth-order valence-electron chi connectivity index (χ4n) is 3.02. The van der Waals surface area contributed by atoms with Crippen LogP contribution in [0.4, 0.5) is 4.79 Å². The summed E-state index contributed by atoms with van der Waals surface area (Å²) in [6.45, 7) is 0.697. The van der Waals surface area contributed by atoms with Gasteiger partial charge in [-0.3, -0.25) is 4.79 Å². The van der Waals surface area contributed by atoms with Gasteiger partial charge in [-0.1, -0.05) is 58.4 Å². The Morgan fingerprint density at radius 1 is 1.00 bits per heavy atom. The first-order valence-corrected chi connectivity index (χ1v) is 10.0. The van der Waals surface area contributed by atoms with E-state index in [1.807, 2.05) is 66.7 Å². The lowest BCUT2D eigenvalue weighted by atomic mass is 10.0. The number of fused-ring (bicyclic) bond motifs is 1. The average Bonchev–Trinajstić information content (AvgIpc) is 2.70. The zero-order valence-electron chi connectivity index (χ0n) is 15.7. The summed E-state index contributed by atoms with van der Waals surface area (Å²) in [5, 5.41) is 7.67. The van der Waals surface area contributed by atoms with E-state index in [0.29, 0.717) is 13.2 Å². The first kappa shape index (κ1) is 20.7. The maximum absolute atomic E-state index is 12.3. The number of benzene rings is 3. The summed E-state index contributed by atoms with van der Waals surface area (Å²) in [7, 11) is 0. The van der Waals surface area contributed by atoms with E-state index < -0.39 is 12.1 Å². The summed E-state index contributed by atoms with van der Waals surface area (Å²) >= 11 is 3.39. The summed E-state index contributed by atoms with van der Waals surface area (Å²) < 4.78 is 6.58. The van der Waals surface area contributed by atoms with Crippen molar-refractivity contribution in [1.29, 1.82) is 0 Å². The number of ether oxygens (including phenoxy) is 1. The number of primary amides is 1. The number of carbonyl (C=O) groups excluding carboxylic acids is 2. The van der Waals surface area contributed by atoms with Gasteiger partial charge in [-0.2, -0.15) is 0 Å². The molecule has 3 aromatic rings. The number of nitrogens with two attached hydrogens (primary N) is 1. The minimum atomic E-state index is -0.678. The molecule has 150 valence electrons. The number of halogens is 1. The highest BCUT2D eigenvalue weighted by atomic mass is 79.9. The zero-order valence-corrected chi connectivity index (χ0v) is 17.3. The number of hydrogen-bond acceptors (Lipinski definition) is 3. The van der Waals surface area contributed by atoms with Crippen LogP contribution in [-0.4, -0.2) is 25.1 Å². The highest BCUT2D eigenvalue weighted by Gasteiger charge is 2.17. The Bertz CT molecular complexity index is 1010. The summed E-state index contributed by atoms with van der Waals surface area (Å²) in [5.74, 6) is 0.547. The lowest BCUT2D eigenvalue weighted by molar-refractivity contribution is -0.121. The van der Waals surface area contributed by atoms with Crippen LogP contribution in [0.1, 0.15) is 18.0 Å². The lowest BCUT2D eigenvalue weighted by Gasteiger charge is -2.18. The molecule has 0 radical (unpaired) electrons. The number of amides is 3. The first-order chi connectivity index (χ1) is 14.0. The molecule has 29 heavy (non-hydrogen) atoms. The van der Waals surface area contributed by atoms with Crippen molar-refractivity contribution in [2.24, 2.45) is 5.73 Å². The Labute approximate surface area is 177 Å². The zero-order chi connectivity index (χ0) is 20.6. The van der Waals surface area contributed by atoms with Gasteiger partial charge in [-0.05, 0) is 40.6 Å². The van der Waals surface area contributed by atoms with Gasteiger partial charge >= 0.3 is 6.03 Å². The molecule has 0 aliphatic carbocycles. The fraction of sp³-hybridized carbons (Fsp3) is 0.182. The van der Waals surface area contributed by atoms with Gasteiger partial charge in [0.2, 0.25) is 5.91 Å². The van der Waals surface area contributed by atoms with Crippen molar-refractivity contribution in [2.75, 3.05) is 13.2 Å². The third kappa shape index (κ3) is 6.22. The molecule has 4 N–H and O–H groups in total. The van der Waals surface area contributed by atoms with Crippen molar-refractivity contribution in [3.8, 4) is 5.75 Å². The second-order valence-electron chi connectivity index (χ2n) is 6.53. The standard InChI is InChI=1S/C22H22BrN3O3/c23-18-7-3-6-17(12-18)20(26-22(24)28)14-21(27)25-10-11-29-19-9-8-15-4-1-2-5-16(15)13-19/h1-9,12-13,20H,10-11,14H2,(H,25,27)(H3,24,26,28). The van der Waals surface area contributed by atoms with Crippen LogP contribution in [-0.2, 0) is 4.79 Å². The molecule has 3 aromatic carbocycles. The molecule has 0 aliphatic rings. The van der Waals surface area contributed by atoms with E-state index in [-0.39, 0.29) is 12.3 Å². The molecule has 1 unspecified atom stereocenters. The molecule has 0 aliphatic heterocycles. The van der Waals surface area contributed by atoms with Gasteiger partial charge in [-0.15, -0.1) is 0 Å². The van der Waals surface area contributed by atoms with Crippen LogP contribution in [0.5, 0.6) is 5.75 Å². The van der Waals surface area contributed by atoms with E-state index in [9.17, 15) is 9.59 Å². The molecule has 0 bridgehead atoms. The number of nitrogens with one attached hydrogen (secondary N) is 2. The van der Waals surface area contributed by atoms with Gasteiger partial charge in [0.25, 0.3) is 0 Å². The van der Waals surface area contributed by atoms with Gasteiger partial charge in [0.05, 0.1) is 19.0 Å². The van der Waals surface area contributed by atoms with E-state index in [1.54, 1.807) is 0 Å². The molecule has 0 fully saturated rings. The second kappa shape index (κ2) is 9.93.